The Kier molecular flexibility index (Phi) is 4.29. The van der Waals surface area contributed by atoms with Gasteiger partial charge >= 0.3 is 0 Å². The van der Waals surface area contributed by atoms with Crippen molar-refractivity contribution in [3.05, 3.63) is 36.4 Å². The zero-order chi connectivity index (χ0) is 17.4. The van der Waals surface area contributed by atoms with E-state index in [9.17, 15) is 30.3 Å². The summed E-state index contributed by atoms with van der Waals surface area (Å²) in [6.45, 7) is 0. The lowest BCUT2D eigenvalue weighted by Crippen LogP contribution is -2.63. The van der Waals surface area contributed by atoms with Crippen LogP contribution in [0.3, 0.4) is 0 Å². The zero-order valence-corrected chi connectivity index (χ0v) is 12.3. The van der Waals surface area contributed by atoms with Gasteiger partial charge in [-0.05, 0) is 22.9 Å². The van der Waals surface area contributed by atoms with E-state index in [0.717, 1.165) is 10.8 Å². The van der Waals surface area contributed by atoms with Gasteiger partial charge in [-0.15, -0.1) is 0 Å². The van der Waals surface area contributed by atoms with Crippen molar-refractivity contribution >= 4 is 16.7 Å². The third kappa shape index (κ3) is 2.87. The van der Waals surface area contributed by atoms with E-state index >= 15 is 0 Å². The van der Waals surface area contributed by atoms with E-state index in [1.54, 1.807) is 24.3 Å². The molecule has 128 valence electrons. The Morgan fingerprint density at radius 2 is 1.67 bits per heavy atom. The quantitative estimate of drug-likeness (QED) is 0.530. The van der Waals surface area contributed by atoms with Crippen LogP contribution >= 0.6 is 0 Å². The topological polar surface area (TPSA) is 140 Å². The highest BCUT2D eigenvalue weighted by Gasteiger charge is 2.45. The normalized spacial score (nSPS) is 30.2. The van der Waals surface area contributed by atoms with Crippen LogP contribution in [-0.2, 0) is 9.53 Å². The minimum Gasteiger partial charge on any atom is -0.547 e. The van der Waals surface area contributed by atoms with Crippen LogP contribution in [0.1, 0.15) is 0 Å². The fourth-order valence-electron chi connectivity index (χ4n) is 2.57. The van der Waals surface area contributed by atoms with Gasteiger partial charge in [-0.1, -0.05) is 24.3 Å². The lowest BCUT2D eigenvalue weighted by atomic mass is 9.99. The lowest BCUT2D eigenvalue weighted by molar-refractivity contribution is -0.342. The number of carboxylic acids is 1. The van der Waals surface area contributed by atoms with Gasteiger partial charge in [-0.3, -0.25) is 0 Å². The molecular formula is C16H15O8-. The van der Waals surface area contributed by atoms with Gasteiger partial charge in [0.2, 0.25) is 6.29 Å². The molecule has 5 unspecified atom stereocenters. The average molecular weight is 335 g/mol. The molecule has 2 aromatic carbocycles. The molecule has 8 heteroatoms. The molecule has 8 nitrogen and oxygen atoms in total. The van der Waals surface area contributed by atoms with Crippen LogP contribution in [0.15, 0.2) is 36.4 Å². The third-order valence-corrected chi connectivity index (χ3v) is 3.87. The smallest absolute Gasteiger partial charge is 0.229 e. The monoisotopic (exact) mass is 335 g/mol. The van der Waals surface area contributed by atoms with Crippen LogP contribution in [-0.4, -0.2) is 57.1 Å². The molecule has 0 aliphatic carbocycles. The second-order valence-electron chi connectivity index (χ2n) is 5.50. The van der Waals surface area contributed by atoms with Crippen molar-refractivity contribution in [3.63, 3.8) is 0 Å². The molecule has 1 fully saturated rings. The molecular weight excluding hydrogens is 320 g/mol. The molecule has 1 aliphatic heterocycles. The van der Waals surface area contributed by atoms with Gasteiger partial charge in [0, 0.05) is 0 Å². The molecule has 0 amide bonds. The van der Waals surface area contributed by atoms with Crippen molar-refractivity contribution in [2.45, 2.75) is 30.7 Å². The SMILES string of the molecule is O=C([O-])C1OC(Oc2cc3ccccc3cc2O)C(O)C(O)C1O. The fraction of sp³-hybridized carbons (Fsp3) is 0.312. The molecule has 3 rings (SSSR count). The number of aliphatic hydroxyl groups is 3. The van der Waals surface area contributed by atoms with Crippen molar-refractivity contribution < 1.29 is 39.8 Å². The number of aliphatic carboxylic acids is 1. The van der Waals surface area contributed by atoms with Crippen LogP contribution in [0, 0.1) is 0 Å². The van der Waals surface area contributed by atoms with E-state index in [2.05, 4.69) is 0 Å². The maximum atomic E-state index is 11.0. The molecule has 0 bridgehead atoms. The number of phenolic OH excluding ortho intramolecular Hbond substituents is 1. The number of hydrogen-bond acceptors (Lipinski definition) is 8. The standard InChI is InChI=1S/C16H16O8/c17-9-5-7-3-1-2-4-8(7)6-10(9)23-16-13(20)11(18)12(19)14(24-16)15(21)22/h1-6,11-14,16-20H,(H,21,22)/p-1. The Morgan fingerprint density at radius 1 is 1.04 bits per heavy atom. The minimum atomic E-state index is -1.88. The number of fused-ring (bicyclic) bond motifs is 1. The van der Waals surface area contributed by atoms with Crippen molar-refractivity contribution in [2.24, 2.45) is 0 Å². The first-order valence-corrected chi connectivity index (χ1v) is 7.17. The zero-order valence-electron chi connectivity index (χ0n) is 12.3. The second kappa shape index (κ2) is 6.25. The van der Waals surface area contributed by atoms with Gasteiger partial charge in [0.05, 0.1) is 5.97 Å². The molecule has 1 heterocycles. The number of carboxylic acid groups (broad SMARTS) is 1. The maximum Gasteiger partial charge on any atom is 0.229 e. The predicted octanol–water partition coefficient (Wildman–Crippen LogP) is -1.52. The number of aromatic hydroxyl groups is 1. The van der Waals surface area contributed by atoms with E-state index in [4.69, 9.17) is 9.47 Å². The summed E-state index contributed by atoms with van der Waals surface area (Å²) >= 11 is 0. The summed E-state index contributed by atoms with van der Waals surface area (Å²) in [5.41, 5.74) is 0. The molecule has 4 N–H and O–H groups in total. The van der Waals surface area contributed by atoms with Crippen molar-refractivity contribution in [3.8, 4) is 11.5 Å². The number of carbonyl (C=O) groups excluding carboxylic acids is 1. The molecule has 0 radical (unpaired) electrons. The predicted molar refractivity (Wildman–Crippen MR) is 77.9 cm³/mol. The summed E-state index contributed by atoms with van der Waals surface area (Å²) in [4.78, 5) is 11.0. The second-order valence-corrected chi connectivity index (χ2v) is 5.50. The number of benzene rings is 2. The number of phenols is 1. The van der Waals surface area contributed by atoms with Gasteiger partial charge in [0.15, 0.2) is 11.5 Å². The summed E-state index contributed by atoms with van der Waals surface area (Å²) in [5, 5.41) is 51.7. The Morgan fingerprint density at radius 3 is 2.29 bits per heavy atom. The summed E-state index contributed by atoms with van der Waals surface area (Å²) < 4.78 is 10.3. The molecule has 2 aromatic rings. The largest absolute Gasteiger partial charge is 0.547 e. The van der Waals surface area contributed by atoms with Gasteiger partial charge in [0.1, 0.15) is 24.4 Å². The van der Waals surface area contributed by atoms with E-state index < -0.39 is 36.7 Å². The van der Waals surface area contributed by atoms with Crippen LogP contribution in [0.2, 0.25) is 0 Å². The Balaban J connectivity index is 1.89. The molecule has 5 atom stereocenters. The molecule has 0 aromatic heterocycles. The van der Waals surface area contributed by atoms with Crippen LogP contribution < -0.4 is 9.84 Å². The lowest BCUT2D eigenvalue weighted by Gasteiger charge is -2.40. The summed E-state index contributed by atoms with van der Waals surface area (Å²) in [7, 11) is 0. The first-order chi connectivity index (χ1) is 11.4. The number of hydrogen-bond donors (Lipinski definition) is 4. The summed E-state index contributed by atoms with van der Waals surface area (Å²) in [5.74, 6) is -2.08. The van der Waals surface area contributed by atoms with Crippen molar-refractivity contribution in [1.29, 1.82) is 0 Å². The number of ether oxygens (including phenoxy) is 2. The third-order valence-electron chi connectivity index (χ3n) is 3.87. The number of carbonyl (C=O) groups is 1. The van der Waals surface area contributed by atoms with E-state index in [1.165, 1.54) is 12.1 Å². The van der Waals surface area contributed by atoms with E-state index in [0.29, 0.717) is 0 Å². The van der Waals surface area contributed by atoms with Crippen molar-refractivity contribution in [2.75, 3.05) is 0 Å². The van der Waals surface area contributed by atoms with Crippen molar-refractivity contribution in [1.82, 2.24) is 0 Å². The highest BCUT2D eigenvalue weighted by atomic mass is 16.7. The minimum absolute atomic E-state index is 0.0709. The Hall–Kier alpha value is -2.39. The van der Waals surface area contributed by atoms with Gasteiger partial charge in [-0.25, -0.2) is 0 Å². The first-order valence-electron chi connectivity index (χ1n) is 7.17. The molecule has 0 saturated carbocycles. The summed E-state index contributed by atoms with van der Waals surface area (Å²) in [6.07, 6.45) is -8.89. The van der Waals surface area contributed by atoms with E-state index in [-0.39, 0.29) is 11.5 Å². The highest BCUT2D eigenvalue weighted by Crippen LogP contribution is 2.34. The highest BCUT2D eigenvalue weighted by molar-refractivity contribution is 5.85. The fourth-order valence-corrected chi connectivity index (χ4v) is 2.57. The molecule has 1 saturated heterocycles. The molecule has 24 heavy (non-hydrogen) atoms. The van der Waals surface area contributed by atoms with Gasteiger partial charge in [-0.2, -0.15) is 0 Å². The Labute approximate surface area is 136 Å². The number of aliphatic hydroxyl groups excluding tert-OH is 3. The summed E-state index contributed by atoms with van der Waals surface area (Å²) in [6, 6.07) is 10.0. The van der Waals surface area contributed by atoms with E-state index in [1.807, 2.05) is 0 Å². The van der Waals surface area contributed by atoms with Crippen LogP contribution in [0.4, 0.5) is 0 Å². The first kappa shape index (κ1) is 16.5. The van der Waals surface area contributed by atoms with Crippen LogP contribution in [0.5, 0.6) is 11.5 Å². The molecule has 1 aliphatic rings. The Bertz CT molecular complexity index is 761. The van der Waals surface area contributed by atoms with Crippen LogP contribution in [0.25, 0.3) is 10.8 Å². The average Bonchev–Trinajstić information content (AvgIpc) is 2.55. The molecule has 0 spiro atoms. The van der Waals surface area contributed by atoms with Gasteiger partial charge < -0.3 is 39.8 Å². The number of rotatable bonds is 3. The van der Waals surface area contributed by atoms with Gasteiger partial charge in [0.25, 0.3) is 0 Å². The maximum absolute atomic E-state index is 11.0.